The Bertz CT molecular complexity index is 759. The van der Waals surface area contributed by atoms with Crippen LogP contribution in [-0.2, 0) is 0 Å². The smallest absolute Gasteiger partial charge is 0.224 e. The Morgan fingerprint density at radius 1 is 1.15 bits per heavy atom. The number of benzene rings is 1. The molecule has 3 rings (SSSR count). The molecule has 0 spiro atoms. The summed E-state index contributed by atoms with van der Waals surface area (Å²) in [4.78, 5) is 12.5. The molecule has 0 aliphatic carbocycles. The average molecular weight is 267 g/mol. The normalized spacial score (nSPS) is 10.5. The van der Waals surface area contributed by atoms with Gasteiger partial charge in [0.2, 0.25) is 5.88 Å². The number of nitrogen functional groups attached to an aromatic ring is 1. The molecule has 0 aliphatic rings. The molecule has 6 heteroatoms. The minimum atomic E-state index is 0.406. The quantitative estimate of drug-likeness (QED) is 0.560. The maximum atomic E-state index is 5.78. The van der Waals surface area contributed by atoms with Crippen molar-refractivity contribution >= 4 is 16.7 Å². The maximum Gasteiger partial charge on any atom is 0.224 e. The van der Waals surface area contributed by atoms with E-state index >= 15 is 0 Å². The van der Waals surface area contributed by atoms with Gasteiger partial charge in [0.05, 0.1) is 0 Å². The lowest BCUT2D eigenvalue weighted by atomic mass is 10.2. The van der Waals surface area contributed by atoms with Gasteiger partial charge in [0.15, 0.2) is 5.75 Å². The minimum Gasteiger partial charge on any atom is -0.437 e. The molecule has 0 radical (unpaired) electrons. The molecule has 20 heavy (non-hydrogen) atoms. The third kappa shape index (κ3) is 2.36. The second-order valence-electron chi connectivity index (χ2n) is 4.27. The Balaban J connectivity index is 2.03. The molecule has 1 aromatic carbocycles. The van der Waals surface area contributed by atoms with Crippen molar-refractivity contribution in [2.75, 3.05) is 5.43 Å². The van der Waals surface area contributed by atoms with Gasteiger partial charge in [-0.15, -0.1) is 0 Å². The molecule has 0 amide bonds. The van der Waals surface area contributed by atoms with Gasteiger partial charge in [0, 0.05) is 17.1 Å². The van der Waals surface area contributed by atoms with Gasteiger partial charge in [-0.2, -0.15) is 0 Å². The number of ether oxygens (including phenoxy) is 1. The third-order valence-corrected chi connectivity index (χ3v) is 2.83. The van der Waals surface area contributed by atoms with E-state index in [0.717, 1.165) is 16.6 Å². The fourth-order valence-corrected chi connectivity index (χ4v) is 1.89. The van der Waals surface area contributed by atoms with Gasteiger partial charge in [0.1, 0.15) is 17.7 Å². The highest BCUT2D eigenvalue weighted by molar-refractivity contribution is 5.84. The number of pyridine rings is 1. The van der Waals surface area contributed by atoms with Gasteiger partial charge < -0.3 is 10.2 Å². The summed E-state index contributed by atoms with van der Waals surface area (Å²) in [6, 6.07) is 11.4. The number of aromatic nitrogens is 3. The van der Waals surface area contributed by atoms with Crippen LogP contribution in [0.5, 0.6) is 11.6 Å². The molecular formula is C14H13N5O. The topological polar surface area (TPSA) is 86.0 Å². The predicted molar refractivity (Wildman–Crippen MR) is 76.4 cm³/mol. The van der Waals surface area contributed by atoms with Crippen LogP contribution in [0.25, 0.3) is 10.9 Å². The first kappa shape index (κ1) is 12.3. The molecule has 0 unspecified atom stereocenters. The number of nitrogens with two attached hydrogens (primary N) is 1. The number of aryl methyl sites for hydroxylation is 1. The van der Waals surface area contributed by atoms with E-state index in [1.54, 1.807) is 6.07 Å². The summed E-state index contributed by atoms with van der Waals surface area (Å²) in [5, 5.41) is 1.01. The first-order chi connectivity index (χ1) is 9.76. The first-order valence-corrected chi connectivity index (χ1v) is 6.09. The van der Waals surface area contributed by atoms with Crippen LogP contribution in [0.2, 0.25) is 0 Å². The third-order valence-electron chi connectivity index (χ3n) is 2.83. The van der Waals surface area contributed by atoms with E-state index in [-0.39, 0.29) is 0 Å². The van der Waals surface area contributed by atoms with Crippen LogP contribution in [0, 0.1) is 6.92 Å². The lowest BCUT2D eigenvalue weighted by Gasteiger charge is -2.08. The largest absolute Gasteiger partial charge is 0.437 e. The molecule has 0 saturated heterocycles. The SMILES string of the molecule is Cc1ccc2cccc(Oc3cc(NN)ncn3)c2n1. The van der Waals surface area contributed by atoms with Gasteiger partial charge in [0.25, 0.3) is 0 Å². The van der Waals surface area contributed by atoms with E-state index < -0.39 is 0 Å². The van der Waals surface area contributed by atoms with Gasteiger partial charge in [-0.25, -0.2) is 20.8 Å². The molecule has 3 aromatic rings. The fourth-order valence-electron chi connectivity index (χ4n) is 1.89. The number of fused-ring (bicyclic) bond motifs is 1. The van der Waals surface area contributed by atoms with Gasteiger partial charge in [-0.05, 0) is 19.1 Å². The summed E-state index contributed by atoms with van der Waals surface area (Å²) in [5.41, 5.74) is 4.18. The van der Waals surface area contributed by atoms with Crippen LogP contribution in [0.3, 0.4) is 0 Å². The summed E-state index contributed by atoms with van der Waals surface area (Å²) in [6.45, 7) is 1.94. The number of para-hydroxylation sites is 1. The van der Waals surface area contributed by atoms with Crippen molar-refractivity contribution in [3.05, 3.63) is 48.4 Å². The summed E-state index contributed by atoms with van der Waals surface area (Å²) in [6.07, 6.45) is 1.38. The van der Waals surface area contributed by atoms with Crippen LogP contribution in [0.4, 0.5) is 5.82 Å². The zero-order valence-corrected chi connectivity index (χ0v) is 10.9. The van der Waals surface area contributed by atoms with Crippen molar-refractivity contribution in [3.63, 3.8) is 0 Å². The van der Waals surface area contributed by atoms with Crippen molar-refractivity contribution in [2.24, 2.45) is 5.84 Å². The van der Waals surface area contributed by atoms with E-state index in [2.05, 4.69) is 20.4 Å². The number of hydrazine groups is 1. The second-order valence-corrected chi connectivity index (χ2v) is 4.27. The Hall–Kier alpha value is -2.73. The Labute approximate surface area is 115 Å². The van der Waals surface area contributed by atoms with Crippen molar-refractivity contribution in [2.45, 2.75) is 6.92 Å². The van der Waals surface area contributed by atoms with Crippen LogP contribution in [0.15, 0.2) is 42.7 Å². The van der Waals surface area contributed by atoms with E-state index in [4.69, 9.17) is 10.6 Å². The van der Waals surface area contributed by atoms with Crippen LogP contribution < -0.4 is 16.0 Å². The van der Waals surface area contributed by atoms with Crippen LogP contribution in [0.1, 0.15) is 5.69 Å². The summed E-state index contributed by atoms with van der Waals surface area (Å²) in [7, 11) is 0. The highest BCUT2D eigenvalue weighted by atomic mass is 16.5. The van der Waals surface area contributed by atoms with Crippen LogP contribution in [-0.4, -0.2) is 15.0 Å². The number of rotatable bonds is 3. The van der Waals surface area contributed by atoms with Crippen molar-refractivity contribution in [3.8, 4) is 11.6 Å². The Morgan fingerprint density at radius 3 is 2.90 bits per heavy atom. The molecular weight excluding hydrogens is 254 g/mol. The zero-order chi connectivity index (χ0) is 13.9. The van der Waals surface area contributed by atoms with E-state index in [1.165, 1.54) is 6.33 Å². The highest BCUT2D eigenvalue weighted by Crippen LogP contribution is 2.28. The molecule has 0 bridgehead atoms. The molecule has 0 saturated carbocycles. The van der Waals surface area contributed by atoms with E-state index in [1.807, 2.05) is 37.3 Å². The summed E-state index contributed by atoms with van der Waals surface area (Å²) >= 11 is 0. The van der Waals surface area contributed by atoms with Crippen LogP contribution >= 0.6 is 0 Å². The minimum absolute atomic E-state index is 0.406. The molecule has 0 atom stereocenters. The molecule has 0 fully saturated rings. The summed E-state index contributed by atoms with van der Waals surface area (Å²) in [5.74, 6) is 6.85. The number of hydrogen-bond donors (Lipinski definition) is 2. The standard InChI is InChI=1S/C14H13N5O/c1-9-5-6-10-3-2-4-11(14(10)18-9)20-13-7-12(19-15)16-8-17-13/h2-8H,15H2,1H3,(H,16,17,19). The predicted octanol–water partition coefficient (Wildman–Crippen LogP) is 2.41. The Morgan fingerprint density at radius 2 is 2.05 bits per heavy atom. The average Bonchev–Trinajstić information content (AvgIpc) is 2.48. The molecule has 0 aliphatic heterocycles. The monoisotopic (exact) mass is 267 g/mol. The number of anilines is 1. The van der Waals surface area contributed by atoms with Gasteiger partial charge in [-0.1, -0.05) is 18.2 Å². The Kier molecular flexibility index (Phi) is 3.14. The molecule has 2 aromatic heterocycles. The van der Waals surface area contributed by atoms with E-state index in [9.17, 15) is 0 Å². The maximum absolute atomic E-state index is 5.78. The number of nitrogens with one attached hydrogen (secondary N) is 1. The van der Waals surface area contributed by atoms with Gasteiger partial charge >= 0.3 is 0 Å². The lowest BCUT2D eigenvalue weighted by Crippen LogP contribution is -2.08. The molecule has 3 N–H and O–H groups in total. The molecule has 2 heterocycles. The van der Waals surface area contributed by atoms with Crippen molar-refractivity contribution in [1.29, 1.82) is 0 Å². The highest BCUT2D eigenvalue weighted by Gasteiger charge is 2.06. The zero-order valence-electron chi connectivity index (χ0n) is 10.9. The van der Waals surface area contributed by atoms with E-state index in [0.29, 0.717) is 17.4 Å². The summed E-state index contributed by atoms with van der Waals surface area (Å²) < 4.78 is 5.78. The second kappa shape index (κ2) is 5.10. The number of hydrogen-bond acceptors (Lipinski definition) is 6. The number of nitrogens with zero attached hydrogens (tertiary/aromatic N) is 3. The fraction of sp³-hybridized carbons (Fsp3) is 0.0714. The molecule has 100 valence electrons. The lowest BCUT2D eigenvalue weighted by molar-refractivity contribution is 0.466. The van der Waals surface area contributed by atoms with Crippen molar-refractivity contribution in [1.82, 2.24) is 15.0 Å². The first-order valence-electron chi connectivity index (χ1n) is 6.09. The molecule has 6 nitrogen and oxygen atoms in total. The van der Waals surface area contributed by atoms with Crippen molar-refractivity contribution < 1.29 is 4.74 Å². The van der Waals surface area contributed by atoms with Gasteiger partial charge in [-0.3, -0.25) is 0 Å².